The van der Waals surface area contributed by atoms with Gasteiger partial charge in [-0.25, -0.2) is 5.43 Å². The summed E-state index contributed by atoms with van der Waals surface area (Å²) in [5.41, 5.74) is 7.29. The van der Waals surface area contributed by atoms with Crippen molar-refractivity contribution in [3.8, 4) is 0 Å². The summed E-state index contributed by atoms with van der Waals surface area (Å²) in [6.07, 6.45) is 1.36. The third kappa shape index (κ3) is 0.592. The molecule has 0 bridgehead atoms. The minimum absolute atomic E-state index is 0.236. The van der Waals surface area contributed by atoms with Gasteiger partial charge in [0, 0.05) is 0 Å². The van der Waals surface area contributed by atoms with Crippen molar-refractivity contribution < 1.29 is 4.79 Å². The van der Waals surface area contributed by atoms with Crippen LogP contribution in [0.1, 0.15) is 0 Å². The third-order valence-corrected chi connectivity index (χ3v) is 0.713. The molecule has 1 aliphatic heterocycles. The lowest BCUT2D eigenvalue weighted by Crippen LogP contribution is -2.32. The number of hydrogen-bond acceptors (Lipinski definition) is 3. The van der Waals surface area contributed by atoms with Crippen LogP contribution < -0.4 is 11.2 Å². The second kappa shape index (κ2) is 1.31. The van der Waals surface area contributed by atoms with Crippen molar-refractivity contribution in [3.63, 3.8) is 0 Å². The number of nitrogens with two attached hydrogens (primary N) is 1. The number of rotatable bonds is 0. The Morgan fingerprint density at radius 3 is 2.86 bits per heavy atom. The van der Waals surface area contributed by atoms with Crippen LogP contribution in [-0.4, -0.2) is 18.2 Å². The van der Waals surface area contributed by atoms with Crippen LogP contribution in [0.15, 0.2) is 5.10 Å². The van der Waals surface area contributed by atoms with E-state index in [-0.39, 0.29) is 5.91 Å². The van der Waals surface area contributed by atoms with Gasteiger partial charge in [0.1, 0.15) is 6.04 Å². The smallest absolute Gasteiger partial charge is 0.262 e. The molecule has 0 unspecified atom stereocenters. The van der Waals surface area contributed by atoms with E-state index in [0.29, 0.717) is 0 Å². The second-order valence-electron chi connectivity index (χ2n) is 1.28. The van der Waals surface area contributed by atoms with Crippen LogP contribution in [0.2, 0.25) is 0 Å². The second-order valence-corrected chi connectivity index (χ2v) is 1.28. The summed E-state index contributed by atoms with van der Waals surface area (Å²) in [4.78, 5) is 10.2. The Morgan fingerprint density at radius 2 is 2.71 bits per heavy atom. The van der Waals surface area contributed by atoms with E-state index in [0.717, 1.165) is 0 Å². The zero-order valence-corrected chi connectivity index (χ0v) is 3.59. The zero-order chi connectivity index (χ0) is 5.28. The number of nitrogens with zero attached hydrogens (tertiary/aromatic N) is 1. The van der Waals surface area contributed by atoms with Crippen molar-refractivity contribution in [2.24, 2.45) is 10.8 Å². The standard InChI is InChI=1S/C3H5N3O/c4-2-1-5-6-3(2)7/h1-2H,4H2,(H,6,7)/t2-/m0/s1. The molecule has 0 radical (unpaired) electrons. The maximum absolute atomic E-state index is 10.2. The molecule has 0 aromatic rings. The largest absolute Gasteiger partial charge is 0.315 e. The molecule has 0 saturated carbocycles. The molecule has 1 amide bonds. The Balaban J connectivity index is 2.62. The number of hydrazone groups is 1. The van der Waals surface area contributed by atoms with Crippen molar-refractivity contribution in [1.82, 2.24) is 5.43 Å². The van der Waals surface area contributed by atoms with Crippen LogP contribution >= 0.6 is 0 Å². The quantitative estimate of drug-likeness (QED) is 0.385. The number of amides is 1. The van der Waals surface area contributed by atoms with Gasteiger partial charge in [-0.1, -0.05) is 0 Å². The average molecular weight is 99.1 g/mol. The van der Waals surface area contributed by atoms with E-state index in [1.165, 1.54) is 6.21 Å². The summed E-state index contributed by atoms with van der Waals surface area (Å²) in [5.74, 6) is -0.236. The summed E-state index contributed by atoms with van der Waals surface area (Å²) in [7, 11) is 0. The Labute approximate surface area is 40.4 Å². The summed E-state index contributed by atoms with van der Waals surface area (Å²) >= 11 is 0. The van der Waals surface area contributed by atoms with Gasteiger partial charge in [-0.2, -0.15) is 5.10 Å². The fraction of sp³-hybridized carbons (Fsp3) is 0.333. The van der Waals surface area contributed by atoms with Gasteiger partial charge in [0.15, 0.2) is 0 Å². The summed E-state index contributed by atoms with van der Waals surface area (Å²) in [5, 5.41) is 3.40. The van der Waals surface area contributed by atoms with Gasteiger partial charge in [-0.15, -0.1) is 0 Å². The normalized spacial score (nSPS) is 28.1. The molecule has 38 valence electrons. The molecule has 0 spiro atoms. The molecular weight excluding hydrogens is 94.1 g/mol. The van der Waals surface area contributed by atoms with Gasteiger partial charge in [-0.05, 0) is 0 Å². The maximum atomic E-state index is 10.2. The predicted octanol–water partition coefficient (Wildman–Crippen LogP) is -1.57. The lowest BCUT2D eigenvalue weighted by atomic mass is 10.4. The van der Waals surface area contributed by atoms with E-state index in [1.54, 1.807) is 0 Å². The summed E-state index contributed by atoms with van der Waals surface area (Å²) in [6, 6.07) is -0.528. The first-order chi connectivity index (χ1) is 3.30. The molecule has 1 atom stereocenters. The molecular formula is C3H5N3O. The lowest BCUT2D eigenvalue weighted by molar-refractivity contribution is -0.120. The van der Waals surface area contributed by atoms with E-state index in [4.69, 9.17) is 5.73 Å². The maximum Gasteiger partial charge on any atom is 0.262 e. The van der Waals surface area contributed by atoms with Gasteiger partial charge in [-0.3, -0.25) is 4.79 Å². The minimum atomic E-state index is -0.528. The van der Waals surface area contributed by atoms with E-state index in [2.05, 4.69) is 10.5 Å². The van der Waals surface area contributed by atoms with Gasteiger partial charge in [0.2, 0.25) is 0 Å². The van der Waals surface area contributed by atoms with Crippen LogP contribution in [0.4, 0.5) is 0 Å². The van der Waals surface area contributed by atoms with Crippen LogP contribution in [-0.2, 0) is 4.79 Å². The molecule has 1 rings (SSSR count). The Hall–Kier alpha value is -0.900. The van der Waals surface area contributed by atoms with Crippen LogP contribution in [0.5, 0.6) is 0 Å². The van der Waals surface area contributed by atoms with E-state index < -0.39 is 6.04 Å². The zero-order valence-electron chi connectivity index (χ0n) is 3.59. The van der Waals surface area contributed by atoms with Crippen LogP contribution in [0.25, 0.3) is 0 Å². The molecule has 0 aromatic heterocycles. The Kier molecular flexibility index (Phi) is 0.796. The SMILES string of the molecule is N[C@H]1C=NNC1=O. The molecule has 4 heteroatoms. The summed E-state index contributed by atoms with van der Waals surface area (Å²) < 4.78 is 0. The fourth-order valence-corrected chi connectivity index (χ4v) is 0.323. The minimum Gasteiger partial charge on any atom is -0.315 e. The fourth-order valence-electron chi connectivity index (χ4n) is 0.323. The van der Waals surface area contributed by atoms with Crippen LogP contribution in [0.3, 0.4) is 0 Å². The first kappa shape index (κ1) is 4.26. The predicted molar refractivity (Wildman–Crippen MR) is 24.6 cm³/mol. The highest BCUT2D eigenvalue weighted by Gasteiger charge is 2.13. The number of carbonyl (C=O) groups excluding carboxylic acids is 1. The van der Waals surface area contributed by atoms with E-state index >= 15 is 0 Å². The molecule has 3 N–H and O–H groups in total. The van der Waals surface area contributed by atoms with Crippen molar-refractivity contribution in [2.45, 2.75) is 6.04 Å². The molecule has 0 fully saturated rings. The Morgan fingerprint density at radius 1 is 2.00 bits per heavy atom. The van der Waals surface area contributed by atoms with Gasteiger partial charge < -0.3 is 5.73 Å². The molecule has 0 saturated heterocycles. The van der Waals surface area contributed by atoms with Crippen molar-refractivity contribution >= 4 is 12.1 Å². The highest BCUT2D eigenvalue weighted by atomic mass is 16.2. The van der Waals surface area contributed by atoms with Crippen LogP contribution in [0, 0.1) is 0 Å². The van der Waals surface area contributed by atoms with E-state index in [1.807, 2.05) is 0 Å². The molecule has 1 heterocycles. The lowest BCUT2D eigenvalue weighted by Gasteiger charge is -1.88. The number of hydrogen-bond donors (Lipinski definition) is 2. The van der Waals surface area contributed by atoms with Gasteiger partial charge in [0.05, 0.1) is 6.21 Å². The molecule has 0 aromatic carbocycles. The monoisotopic (exact) mass is 99.0 g/mol. The molecule has 0 aliphatic carbocycles. The van der Waals surface area contributed by atoms with Crippen molar-refractivity contribution in [3.05, 3.63) is 0 Å². The number of carbonyl (C=O) groups is 1. The average Bonchev–Trinajstić information content (AvgIpc) is 1.91. The molecule has 4 nitrogen and oxygen atoms in total. The number of nitrogens with one attached hydrogen (secondary N) is 1. The highest BCUT2D eigenvalue weighted by Crippen LogP contribution is 1.80. The topological polar surface area (TPSA) is 67.5 Å². The van der Waals surface area contributed by atoms with Crippen molar-refractivity contribution in [1.29, 1.82) is 0 Å². The molecule has 1 aliphatic rings. The van der Waals surface area contributed by atoms with Crippen molar-refractivity contribution in [2.75, 3.05) is 0 Å². The molecule has 7 heavy (non-hydrogen) atoms. The Bertz CT molecular complexity index is 119. The summed E-state index contributed by atoms with van der Waals surface area (Å²) in [6.45, 7) is 0. The van der Waals surface area contributed by atoms with Gasteiger partial charge >= 0.3 is 0 Å². The van der Waals surface area contributed by atoms with E-state index in [9.17, 15) is 4.79 Å². The van der Waals surface area contributed by atoms with Gasteiger partial charge in [0.25, 0.3) is 5.91 Å². The third-order valence-electron chi connectivity index (χ3n) is 0.713. The highest BCUT2D eigenvalue weighted by molar-refractivity contribution is 6.00. The first-order valence-electron chi connectivity index (χ1n) is 1.89. The first-order valence-corrected chi connectivity index (χ1v) is 1.89.